The molecular formula is C13H17BrN2. The van der Waals surface area contributed by atoms with Crippen LogP contribution in [0.1, 0.15) is 24.4 Å². The molecule has 3 heteroatoms. The van der Waals surface area contributed by atoms with Gasteiger partial charge in [0, 0.05) is 36.2 Å². The van der Waals surface area contributed by atoms with Gasteiger partial charge in [0.1, 0.15) is 0 Å². The normalized spacial score (nSPS) is 26.9. The molecule has 0 bridgehead atoms. The molecule has 1 N–H and O–H groups in total. The highest BCUT2D eigenvalue weighted by atomic mass is 79.9. The van der Waals surface area contributed by atoms with Crippen LogP contribution in [0.15, 0.2) is 28.7 Å². The quantitative estimate of drug-likeness (QED) is 0.896. The summed E-state index contributed by atoms with van der Waals surface area (Å²) < 4.78 is 1.23. The first-order valence-corrected chi connectivity index (χ1v) is 6.86. The molecule has 1 saturated carbocycles. The third-order valence-electron chi connectivity index (χ3n) is 3.55. The van der Waals surface area contributed by atoms with Crippen LogP contribution in [0, 0.1) is 0 Å². The van der Waals surface area contributed by atoms with Crippen molar-refractivity contribution in [3.63, 3.8) is 0 Å². The zero-order valence-corrected chi connectivity index (χ0v) is 10.9. The standard InChI is InChI=1S/C13H17BrN2/c14-12-4-2-1-3-11(12)13-9-16(8-7-15-13)10-5-6-10/h1-4,10,13,15H,5-9H2/t13-/m0/s1. The molecule has 86 valence electrons. The molecule has 3 rings (SSSR count). The third-order valence-corrected chi connectivity index (χ3v) is 4.27. The first-order valence-electron chi connectivity index (χ1n) is 6.06. The van der Waals surface area contributed by atoms with Crippen LogP contribution < -0.4 is 5.32 Å². The Labute approximate surface area is 105 Å². The van der Waals surface area contributed by atoms with Gasteiger partial charge in [-0.25, -0.2) is 0 Å². The Hall–Kier alpha value is -0.380. The van der Waals surface area contributed by atoms with Gasteiger partial charge in [-0.15, -0.1) is 0 Å². The number of benzene rings is 1. The van der Waals surface area contributed by atoms with Crippen molar-refractivity contribution < 1.29 is 0 Å². The topological polar surface area (TPSA) is 15.3 Å². The average molecular weight is 281 g/mol. The molecule has 1 aromatic rings. The Morgan fingerprint density at radius 1 is 1.25 bits per heavy atom. The van der Waals surface area contributed by atoms with Crippen molar-refractivity contribution in [1.29, 1.82) is 0 Å². The van der Waals surface area contributed by atoms with Gasteiger partial charge in [0.25, 0.3) is 0 Å². The van der Waals surface area contributed by atoms with E-state index < -0.39 is 0 Å². The predicted octanol–water partition coefficient (Wildman–Crippen LogP) is 2.56. The first kappa shape index (κ1) is 10.8. The van der Waals surface area contributed by atoms with Crippen molar-refractivity contribution >= 4 is 15.9 Å². The maximum Gasteiger partial charge on any atom is 0.0461 e. The number of nitrogens with zero attached hydrogens (tertiary/aromatic N) is 1. The molecule has 1 aliphatic heterocycles. The van der Waals surface area contributed by atoms with Gasteiger partial charge in [-0.2, -0.15) is 0 Å². The molecule has 1 heterocycles. The molecule has 0 amide bonds. The average Bonchev–Trinajstić information content (AvgIpc) is 3.14. The SMILES string of the molecule is Brc1ccccc1[C@@H]1CN(C2CC2)CCN1. The van der Waals surface area contributed by atoms with Crippen molar-refractivity contribution in [1.82, 2.24) is 10.2 Å². The van der Waals surface area contributed by atoms with E-state index in [1.807, 2.05) is 0 Å². The second kappa shape index (κ2) is 4.47. The molecule has 0 unspecified atom stereocenters. The second-order valence-electron chi connectivity index (χ2n) is 4.75. The zero-order valence-electron chi connectivity index (χ0n) is 9.32. The third kappa shape index (κ3) is 2.17. The molecule has 1 aromatic carbocycles. The minimum Gasteiger partial charge on any atom is -0.308 e. The molecule has 2 nitrogen and oxygen atoms in total. The molecule has 1 saturated heterocycles. The summed E-state index contributed by atoms with van der Waals surface area (Å²) in [6.07, 6.45) is 2.81. The number of halogens is 1. The molecule has 0 spiro atoms. The zero-order chi connectivity index (χ0) is 11.0. The van der Waals surface area contributed by atoms with Crippen LogP contribution in [-0.2, 0) is 0 Å². The van der Waals surface area contributed by atoms with Crippen molar-refractivity contribution in [3.05, 3.63) is 34.3 Å². The van der Waals surface area contributed by atoms with E-state index >= 15 is 0 Å². The van der Waals surface area contributed by atoms with E-state index in [0.29, 0.717) is 6.04 Å². The molecule has 0 radical (unpaired) electrons. The minimum absolute atomic E-state index is 0.491. The lowest BCUT2D eigenvalue weighted by atomic mass is 10.0. The molecular weight excluding hydrogens is 264 g/mol. The maximum atomic E-state index is 3.65. The highest BCUT2D eigenvalue weighted by Crippen LogP contribution is 2.31. The molecule has 1 atom stereocenters. The monoisotopic (exact) mass is 280 g/mol. The second-order valence-corrected chi connectivity index (χ2v) is 5.61. The molecule has 1 aliphatic carbocycles. The number of piperazine rings is 1. The van der Waals surface area contributed by atoms with Crippen molar-refractivity contribution in [3.8, 4) is 0 Å². The van der Waals surface area contributed by atoms with Gasteiger partial charge in [0.2, 0.25) is 0 Å². The minimum atomic E-state index is 0.491. The van der Waals surface area contributed by atoms with Gasteiger partial charge in [-0.3, -0.25) is 4.90 Å². The number of hydrogen-bond donors (Lipinski definition) is 1. The van der Waals surface area contributed by atoms with Crippen LogP contribution in [0.25, 0.3) is 0 Å². The Morgan fingerprint density at radius 2 is 2.06 bits per heavy atom. The van der Waals surface area contributed by atoms with Crippen LogP contribution in [0.2, 0.25) is 0 Å². The van der Waals surface area contributed by atoms with Crippen LogP contribution >= 0.6 is 15.9 Å². The van der Waals surface area contributed by atoms with E-state index in [-0.39, 0.29) is 0 Å². The predicted molar refractivity (Wildman–Crippen MR) is 69.5 cm³/mol. The fourth-order valence-corrected chi connectivity index (χ4v) is 3.07. The molecule has 16 heavy (non-hydrogen) atoms. The van der Waals surface area contributed by atoms with Gasteiger partial charge in [-0.05, 0) is 24.5 Å². The largest absolute Gasteiger partial charge is 0.308 e. The van der Waals surface area contributed by atoms with E-state index in [2.05, 4.69) is 50.4 Å². The number of nitrogens with one attached hydrogen (secondary N) is 1. The van der Waals surface area contributed by atoms with Crippen molar-refractivity contribution in [2.24, 2.45) is 0 Å². The van der Waals surface area contributed by atoms with Crippen molar-refractivity contribution in [2.75, 3.05) is 19.6 Å². The maximum absolute atomic E-state index is 3.65. The van der Waals surface area contributed by atoms with E-state index in [1.165, 1.54) is 29.4 Å². The van der Waals surface area contributed by atoms with Crippen LogP contribution in [0.5, 0.6) is 0 Å². The molecule has 2 fully saturated rings. The fraction of sp³-hybridized carbons (Fsp3) is 0.538. The van der Waals surface area contributed by atoms with Gasteiger partial charge in [0.15, 0.2) is 0 Å². The van der Waals surface area contributed by atoms with E-state index in [4.69, 9.17) is 0 Å². The Kier molecular flexibility index (Phi) is 3.01. The van der Waals surface area contributed by atoms with Crippen LogP contribution in [0.4, 0.5) is 0 Å². The highest BCUT2D eigenvalue weighted by molar-refractivity contribution is 9.10. The first-order chi connectivity index (χ1) is 7.84. The summed E-state index contributed by atoms with van der Waals surface area (Å²) >= 11 is 3.65. The van der Waals surface area contributed by atoms with Crippen LogP contribution in [0.3, 0.4) is 0 Å². The Balaban J connectivity index is 1.76. The highest BCUT2D eigenvalue weighted by Gasteiger charge is 2.33. The summed E-state index contributed by atoms with van der Waals surface area (Å²) in [6.45, 7) is 3.49. The van der Waals surface area contributed by atoms with Crippen molar-refractivity contribution in [2.45, 2.75) is 24.9 Å². The number of rotatable bonds is 2. The lowest BCUT2D eigenvalue weighted by molar-refractivity contribution is 0.192. The van der Waals surface area contributed by atoms with E-state index in [9.17, 15) is 0 Å². The number of hydrogen-bond acceptors (Lipinski definition) is 2. The smallest absolute Gasteiger partial charge is 0.0461 e. The Bertz CT molecular complexity index is 376. The fourth-order valence-electron chi connectivity index (χ4n) is 2.51. The summed E-state index contributed by atoms with van der Waals surface area (Å²) in [4.78, 5) is 2.64. The summed E-state index contributed by atoms with van der Waals surface area (Å²) in [5.74, 6) is 0. The summed E-state index contributed by atoms with van der Waals surface area (Å²) in [5.41, 5.74) is 1.40. The molecule has 2 aliphatic rings. The molecule has 0 aromatic heterocycles. The lowest BCUT2D eigenvalue weighted by Crippen LogP contribution is -2.46. The van der Waals surface area contributed by atoms with E-state index in [0.717, 1.165) is 19.1 Å². The van der Waals surface area contributed by atoms with Gasteiger partial charge >= 0.3 is 0 Å². The van der Waals surface area contributed by atoms with Crippen LogP contribution in [-0.4, -0.2) is 30.6 Å². The summed E-state index contributed by atoms with van der Waals surface area (Å²) in [6, 6.07) is 9.93. The van der Waals surface area contributed by atoms with E-state index in [1.54, 1.807) is 0 Å². The van der Waals surface area contributed by atoms with Gasteiger partial charge < -0.3 is 5.32 Å². The summed E-state index contributed by atoms with van der Waals surface area (Å²) in [7, 11) is 0. The van der Waals surface area contributed by atoms with Gasteiger partial charge in [-0.1, -0.05) is 34.1 Å². The summed E-state index contributed by atoms with van der Waals surface area (Å²) in [5, 5.41) is 3.62. The van der Waals surface area contributed by atoms with Gasteiger partial charge in [0.05, 0.1) is 0 Å². The lowest BCUT2D eigenvalue weighted by Gasteiger charge is -2.34. The Morgan fingerprint density at radius 3 is 2.81 bits per heavy atom.